The summed E-state index contributed by atoms with van der Waals surface area (Å²) in [7, 11) is -0.775. The number of hydrogen-bond acceptors (Lipinski definition) is 0. The Hall–Kier alpha value is -0.563. The molecule has 0 spiro atoms. The van der Waals surface area contributed by atoms with E-state index in [0.29, 0.717) is 0 Å². The Kier molecular flexibility index (Phi) is 6.19. The van der Waals surface area contributed by atoms with Crippen LogP contribution in [0.25, 0.3) is 0 Å². The molecule has 0 fully saturated rings. The normalized spacial score (nSPS) is 15.9. The van der Waals surface area contributed by atoms with Crippen LogP contribution >= 0.6 is 0 Å². The van der Waals surface area contributed by atoms with Gasteiger partial charge in [-0.1, -0.05) is 35.3 Å². The maximum Gasteiger partial charge on any atom is 0.108 e. The predicted molar refractivity (Wildman–Crippen MR) is 51.6 cm³/mol. The Morgan fingerprint density at radius 1 is 0.700 bits per heavy atom. The van der Waals surface area contributed by atoms with Crippen LogP contribution in [0.5, 0.6) is 0 Å². The van der Waals surface area contributed by atoms with E-state index in [-0.39, 0.29) is 0 Å². The second-order valence-corrected chi connectivity index (χ2v) is 4.46. The molecule has 0 amide bonds. The van der Waals surface area contributed by atoms with Crippen molar-refractivity contribution in [3.63, 3.8) is 0 Å². The smallest absolute Gasteiger partial charge is 0.0951 e. The zero-order chi connectivity index (χ0) is 7.82. The summed E-state index contributed by atoms with van der Waals surface area (Å²) >= 11 is 0. The van der Waals surface area contributed by atoms with Crippen molar-refractivity contribution in [2.24, 2.45) is 0 Å². The highest BCUT2D eigenvalue weighted by Crippen LogP contribution is 1.90. The molecule has 0 nitrogen and oxygen atoms in total. The van der Waals surface area contributed by atoms with Gasteiger partial charge in [0.1, 0.15) is 8.80 Å². The molecular formula is C9H16Si. The second kappa shape index (κ2) is 6.56. The lowest BCUT2D eigenvalue weighted by molar-refractivity contribution is 1.73. The lowest BCUT2D eigenvalue weighted by Gasteiger charge is -1.94. The maximum absolute atomic E-state index is 2.31. The Morgan fingerprint density at radius 2 is 1.00 bits per heavy atom. The largest absolute Gasteiger partial charge is 0.108 e. The van der Waals surface area contributed by atoms with Crippen molar-refractivity contribution in [2.75, 3.05) is 0 Å². The molecular weight excluding hydrogens is 136 g/mol. The lowest BCUT2D eigenvalue weighted by atomic mass is 10.8. The third-order valence-corrected chi connectivity index (χ3v) is 3.73. The van der Waals surface area contributed by atoms with Crippen molar-refractivity contribution < 1.29 is 0 Å². The summed E-state index contributed by atoms with van der Waals surface area (Å²) < 4.78 is 0. The fraction of sp³-hybridized carbons (Fsp3) is 0.333. The van der Waals surface area contributed by atoms with E-state index < -0.39 is 8.80 Å². The maximum atomic E-state index is 2.31. The second-order valence-electron chi connectivity index (χ2n) is 2.15. The van der Waals surface area contributed by atoms with Crippen molar-refractivity contribution in [3.05, 3.63) is 35.3 Å². The van der Waals surface area contributed by atoms with Crippen molar-refractivity contribution in [3.8, 4) is 0 Å². The quantitative estimate of drug-likeness (QED) is 0.545. The molecule has 1 heteroatoms. The summed E-state index contributed by atoms with van der Waals surface area (Å²) in [5.41, 5.74) is 6.92. The zero-order valence-electron chi connectivity index (χ0n) is 7.04. The highest BCUT2D eigenvalue weighted by atomic mass is 28.3. The van der Waals surface area contributed by atoms with Crippen molar-refractivity contribution >= 4 is 8.80 Å². The Morgan fingerprint density at radius 3 is 1.20 bits per heavy atom. The van der Waals surface area contributed by atoms with Gasteiger partial charge in [0.25, 0.3) is 0 Å². The fourth-order valence-corrected chi connectivity index (χ4v) is 2.58. The average molecular weight is 152 g/mol. The standard InChI is InChI=1S/C9H16Si/c1-4-7-10(8-5-2)9-6-3/h4-10H,1-3H3. The first-order chi connectivity index (χ1) is 4.85. The summed E-state index contributed by atoms with van der Waals surface area (Å²) in [4.78, 5) is 0. The van der Waals surface area contributed by atoms with Gasteiger partial charge in [0.15, 0.2) is 0 Å². The molecule has 0 saturated carbocycles. The van der Waals surface area contributed by atoms with E-state index in [0.717, 1.165) is 0 Å². The van der Waals surface area contributed by atoms with E-state index in [1.807, 2.05) is 0 Å². The van der Waals surface area contributed by atoms with Crippen LogP contribution in [0, 0.1) is 0 Å². The van der Waals surface area contributed by atoms with Gasteiger partial charge in [-0.3, -0.25) is 0 Å². The van der Waals surface area contributed by atoms with Crippen molar-refractivity contribution in [1.29, 1.82) is 0 Å². The monoisotopic (exact) mass is 152 g/mol. The minimum Gasteiger partial charge on any atom is -0.0951 e. The van der Waals surface area contributed by atoms with Crippen LogP contribution in [0.2, 0.25) is 0 Å². The third kappa shape index (κ3) is 4.33. The molecule has 0 atom stereocenters. The first-order valence-corrected chi connectivity index (χ1v) is 5.73. The van der Waals surface area contributed by atoms with E-state index in [1.54, 1.807) is 0 Å². The van der Waals surface area contributed by atoms with E-state index >= 15 is 0 Å². The zero-order valence-corrected chi connectivity index (χ0v) is 8.20. The molecule has 0 aliphatic heterocycles. The van der Waals surface area contributed by atoms with Crippen LogP contribution in [0.3, 0.4) is 0 Å². The first-order valence-electron chi connectivity index (χ1n) is 3.73. The summed E-state index contributed by atoms with van der Waals surface area (Å²) in [6.07, 6.45) is 6.41. The Labute approximate surface area is 65.6 Å². The third-order valence-electron chi connectivity index (χ3n) is 1.24. The molecule has 56 valence electrons. The fourth-order valence-electron chi connectivity index (χ4n) is 0.859. The molecule has 0 aliphatic rings. The van der Waals surface area contributed by atoms with Gasteiger partial charge < -0.3 is 0 Å². The minimum absolute atomic E-state index is 0.775. The Bertz CT molecular complexity index is 114. The number of rotatable bonds is 3. The van der Waals surface area contributed by atoms with Crippen LogP contribution in [-0.2, 0) is 0 Å². The van der Waals surface area contributed by atoms with E-state index in [2.05, 4.69) is 56.1 Å². The molecule has 0 aliphatic carbocycles. The van der Waals surface area contributed by atoms with Gasteiger partial charge >= 0.3 is 0 Å². The van der Waals surface area contributed by atoms with Gasteiger partial charge in [0, 0.05) is 0 Å². The molecule has 0 N–H and O–H groups in total. The van der Waals surface area contributed by atoms with E-state index in [1.165, 1.54) is 0 Å². The van der Waals surface area contributed by atoms with E-state index in [4.69, 9.17) is 0 Å². The van der Waals surface area contributed by atoms with Gasteiger partial charge in [-0.2, -0.15) is 0 Å². The molecule has 0 unspecified atom stereocenters. The molecule has 0 aromatic heterocycles. The molecule has 0 aromatic carbocycles. The highest BCUT2D eigenvalue weighted by molar-refractivity contribution is 6.74. The predicted octanol–water partition coefficient (Wildman–Crippen LogP) is 2.56. The van der Waals surface area contributed by atoms with Gasteiger partial charge in [-0.05, 0) is 20.8 Å². The molecule has 0 aromatic rings. The number of hydrogen-bond donors (Lipinski definition) is 0. The minimum atomic E-state index is -0.775. The highest BCUT2D eigenvalue weighted by Gasteiger charge is 1.91. The topological polar surface area (TPSA) is 0 Å². The summed E-state index contributed by atoms with van der Waals surface area (Å²) in [5, 5.41) is 0. The Balaban J connectivity index is 3.97. The molecule has 0 rings (SSSR count). The SMILES string of the molecule is CC=C[SiH](C=CC)C=CC. The van der Waals surface area contributed by atoms with Crippen molar-refractivity contribution in [2.45, 2.75) is 20.8 Å². The lowest BCUT2D eigenvalue weighted by Crippen LogP contribution is -2.00. The van der Waals surface area contributed by atoms with Crippen LogP contribution in [0.15, 0.2) is 35.3 Å². The van der Waals surface area contributed by atoms with Gasteiger partial charge in [-0.15, -0.1) is 0 Å². The molecule has 0 radical (unpaired) electrons. The van der Waals surface area contributed by atoms with Crippen molar-refractivity contribution in [1.82, 2.24) is 0 Å². The summed E-state index contributed by atoms with van der Waals surface area (Å²) in [6, 6.07) is 0. The van der Waals surface area contributed by atoms with Crippen LogP contribution in [0.1, 0.15) is 20.8 Å². The van der Waals surface area contributed by atoms with Crippen LogP contribution in [-0.4, -0.2) is 8.80 Å². The average Bonchev–Trinajstić information content (AvgIpc) is 1.90. The van der Waals surface area contributed by atoms with Gasteiger partial charge in [-0.25, -0.2) is 0 Å². The van der Waals surface area contributed by atoms with Crippen LogP contribution < -0.4 is 0 Å². The summed E-state index contributed by atoms with van der Waals surface area (Å²) in [6.45, 7) is 6.23. The molecule has 10 heavy (non-hydrogen) atoms. The molecule has 0 bridgehead atoms. The molecule has 0 heterocycles. The first kappa shape index (κ1) is 9.44. The summed E-state index contributed by atoms with van der Waals surface area (Å²) in [5.74, 6) is 0. The van der Waals surface area contributed by atoms with Gasteiger partial charge in [0.2, 0.25) is 0 Å². The molecule has 0 saturated heterocycles. The van der Waals surface area contributed by atoms with Gasteiger partial charge in [0.05, 0.1) is 0 Å². The number of allylic oxidation sites excluding steroid dienone is 3. The van der Waals surface area contributed by atoms with Crippen LogP contribution in [0.4, 0.5) is 0 Å². The van der Waals surface area contributed by atoms with E-state index in [9.17, 15) is 0 Å².